The summed E-state index contributed by atoms with van der Waals surface area (Å²) in [4.78, 5) is 0. The quantitative estimate of drug-likeness (QED) is 0.616. The van der Waals surface area contributed by atoms with Gasteiger partial charge in [0.2, 0.25) is 0 Å². The highest BCUT2D eigenvalue weighted by molar-refractivity contribution is 7.91. The smallest absolute Gasteiger partial charge is 0.151 e. The second kappa shape index (κ2) is 8.92. The van der Waals surface area contributed by atoms with Gasteiger partial charge in [0.25, 0.3) is 0 Å². The van der Waals surface area contributed by atoms with Crippen molar-refractivity contribution in [2.75, 3.05) is 13.3 Å². The van der Waals surface area contributed by atoms with Crippen molar-refractivity contribution in [3.8, 4) is 0 Å². The minimum Gasteiger partial charge on any atom is -0.316 e. The fourth-order valence-corrected chi connectivity index (χ4v) is 2.93. The van der Waals surface area contributed by atoms with Crippen LogP contribution in [0.4, 0.5) is 0 Å². The van der Waals surface area contributed by atoms with Crippen molar-refractivity contribution in [2.45, 2.75) is 70.1 Å². The number of unbranched alkanes of at least 4 members (excludes halogenated alkanes) is 5. The van der Waals surface area contributed by atoms with E-state index < -0.39 is 9.84 Å². The number of hydrogen-bond acceptors (Lipinski definition) is 3. The van der Waals surface area contributed by atoms with Crippen molar-refractivity contribution < 1.29 is 8.42 Å². The molecule has 104 valence electrons. The van der Waals surface area contributed by atoms with E-state index >= 15 is 0 Å². The summed E-state index contributed by atoms with van der Waals surface area (Å²) in [5.41, 5.74) is 0. The Bertz CT molecular complexity index is 275. The maximum absolute atomic E-state index is 11.5. The van der Waals surface area contributed by atoms with Crippen LogP contribution in [-0.4, -0.2) is 33.0 Å². The second-order valence-electron chi connectivity index (χ2n) is 4.99. The summed E-state index contributed by atoms with van der Waals surface area (Å²) in [7, 11) is -1.08. The van der Waals surface area contributed by atoms with E-state index in [2.05, 4.69) is 12.2 Å². The van der Waals surface area contributed by atoms with Gasteiger partial charge in [-0.3, -0.25) is 0 Å². The highest BCUT2D eigenvalue weighted by Gasteiger charge is 2.23. The first kappa shape index (κ1) is 16.9. The number of nitrogens with one attached hydrogen (secondary N) is 1. The van der Waals surface area contributed by atoms with Crippen LogP contribution in [0, 0.1) is 0 Å². The Labute approximate surface area is 107 Å². The molecular formula is C13H29NO2S. The first-order chi connectivity index (χ1) is 7.93. The van der Waals surface area contributed by atoms with Crippen LogP contribution in [-0.2, 0) is 9.84 Å². The summed E-state index contributed by atoms with van der Waals surface area (Å²) >= 11 is 0. The van der Waals surface area contributed by atoms with E-state index in [0.29, 0.717) is 0 Å². The summed E-state index contributed by atoms with van der Waals surface area (Å²) < 4.78 is 22.9. The van der Waals surface area contributed by atoms with Gasteiger partial charge < -0.3 is 5.32 Å². The van der Waals surface area contributed by atoms with E-state index in [-0.39, 0.29) is 11.3 Å². The highest BCUT2D eigenvalue weighted by Crippen LogP contribution is 2.13. The van der Waals surface area contributed by atoms with E-state index in [0.717, 1.165) is 12.8 Å². The molecule has 3 nitrogen and oxygen atoms in total. The van der Waals surface area contributed by atoms with Crippen molar-refractivity contribution in [2.24, 2.45) is 0 Å². The van der Waals surface area contributed by atoms with Crippen molar-refractivity contribution in [3.05, 3.63) is 0 Å². The van der Waals surface area contributed by atoms with E-state index in [4.69, 9.17) is 0 Å². The van der Waals surface area contributed by atoms with Gasteiger partial charge in [-0.05, 0) is 20.4 Å². The molecule has 0 fully saturated rings. The Morgan fingerprint density at radius 3 is 2.06 bits per heavy atom. The van der Waals surface area contributed by atoms with Gasteiger partial charge in [0.15, 0.2) is 9.84 Å². The molecule has 0 aromatic heterocycles. The van der Waals surface area contributed by atoms with Gasteiger partial charge in [-0.1, -0.05) is 45.4 Å². The van der Waals surface area contributed by atoms with Crippen LogP contribution in [0.25, 0.3) is 0 Å². The topological polar surface area (TPSA) is 46.2 Å². The third-order valence-electron chi connectivity index (χ3n) is 3.48. The predicted molar refractivity (Wildman–Crippen MR) is 75.1 cm³/mol. The maximum Gasteiger partial charge on any atom is 0.151 e. The third kappa shape index (κ3) is 7.77. The van der Waals surface area contributed by atoms with Gasteiger partial charge in [-0.15, -0.1) is 0 Å². The molecule has 0 aliphatic heterocycles. The molecule has 2 atom stereocenters. The lowest BCUT2D eigenvalue weighted by Gasteiger charge is -2.22. The SMILES string of the molecule is CCCCCCCCC(NC)C(C)S(C)(=O)=O. The zero-order chi connectivity index (χ0) is 13.3. The molecule has 2 unspecified atom stereocenters. The number of hydrogen-bond donors (Lipinski definition) is 1. The molecule has 0 radical (unpaired) electrons. The molecule has 0 rings (SSSR count). The molecule has 0 aliphatic rings. The summed E-state index contributed by atoms with van der Waals surface area (Å²) in [5, 5.41) is 2.84. The maximum atomic E-state index is 11.5. The molecule has 0 aromatic carbocycles. The Morgan fingerprint density at radius 1 is 1.06 bits per heavy atom. The van der Waals surface area contributed by atoms with Crippen molar-refractivity contribution in [1.82, 2.24) is 5.32 Å². The molecule has 0 saturated carbocycles. The van der Waals surface area contributed by atoms with Gasteiger partial charge in [0.05, 0.1) is 5.25 Å². The molecular weight excluding hydrogens is 234 g/mol. The summed E-state index contributed by atoms with van der Waals surface area (Å²) in [5.74, 6) is 0. The Kier molecular flexibility index (Phi) is 8.88. The zero-order valence-corrected chi connectivity index (χ0v) is 12.6. The van der Waals surface area contributed by atoms with Crippen LogP contribution in [0.3, 0.4) is 0 Å². The highest BCUT2D eigenvalue weighted by atomic mass is 32.2. The number of sulfone groups is 1. The van der Waals surface area contributed by atoms with Crippen LogP contribution < -0.4 is 5.32 Å². The molecule has 4 heteroatoms. The first-order valence-corrected chi connectivity index (χ1v) is 8.75. The lowest BCUT2D eigenvalue weighted by atomic mass is 10.0. The van der Waals surface area contributed by atoms with Gasteiger partial charge >= 0.3 is 0 Å². The largest absolute Gasteiger partial charge is 0.316 e. The molecule has 0 heterocycles. The van der Waals surface area contributed by atoms with E-state index in [1.807, 2.05) is 7.05 Å². The van der Waals surface area contributed by atoms with Crippen molar-refractivity contribution >= 4 is 9.84 Å². The molecule has 0 spiro atoms. The van der Waals surface area contributed by atoms with Crippen LogP contribution in [0.5, 0.6) is 0 Å². The van der Waals surface area contributed by atoms with Crippen LogP contribution >= 0.6 is 0 Å². The lowest BCUT2D eigenvalue weighted by Crippen LogP contribution is -2.40. The first-order valence-electron chi connectivity index (χ1n) is 6.79. The van der Waals surface area contributed by atoms with E-state index in [1.54, 1.807) is 6.92 Å². The predicted octanol–water partition coefficient (Wildman–Crippen LogP) is 2.76. The van der Waals surface area contributed by atoms with Gasteiger partial charge in [0, 0.05) is 12.3 Å². The van der Waals surface area contributed by atoms with Crippen molar-refractivity contribution in [3.63, 3.8) is 0 Å². The fourth-order valence-electron chi connectivity index (χ4n) is 2.06. The molecule has 1 N–H and O–H groups in total. The van der Waals surface area contributed by atoms with Crippen LogP contribution in [0.15, 0.2) is 0 Å². The van der Waals surface area contributed by atoms with Gasteiger partial charge in [-0.2, -0.15) is 0 Å². The zero-order valence-electron chi connectivity index (χ0n) is 11.8. The third-order valence-corrected chi connectivity index (χ3v) is 5.16. The van der Waals surface area contributed by atoms with Gasteiger partial charge in [0.1, 0.15) is 0 Å². The average molecular weight is 263 g/mol. The minimum absolute atomic E-state index is 0.0937. The summed E-state index contributed by atoms with van der Waals surface area (Å²) in [6, 6.07) is 0.0937. The molecule has 0 saturated heterocycles. The number of rotatable bonds is 10. The Balaban J connectivity index is 3.83. The van der Waals surface area contributed by atoms with Crippen molar-refractivity contribution in [1.29, 1.82) is 0 Å². The molecule has 0 bridgehead atoms. The van der Waals surface area contributed by atoms with Crippen LogP contribution in [0.1, 0.15) is 58.8 Å². The van der Waals surface area contributed by atoms with Crippen LogP contribution in [0.2, 0.25) is 0 Å². The standard InChI is InChI=1S/C13H29NO2S/c1-5-6-7-8-9-10-11-13(14-3)12(2)17(4,15)16/h12-14H,5-11H2,1-4H3. The Hall–Kier alpha value is -0.0900. The molecule has 17 heavy (non-hydrogen) atoms. The molecule has 0 aromatic rings. The molecule has 0 aliphatic carbocycles. The minimum atomic E-state index is -2.93. The average Bonchev–Trinajstić information content (AvgIpc) is 2.26. The second-order valence-corrected chi connectivity index (χ2v) is 7.39. The molecule has 0 amide bonds. The van der Waals surface area contributed by atoms with E-state index in [1.165, 1.54) is 38.4 Å². The fraction of sp³-hybridized carbons (Fsp3) is 1.00. The Morgan fingerprint density at radius 2 is 1.59 bits per heavy atom. The monoisotopic (exact) mass is 263 g/mol. The normalized spacial score (nSPS) is 15.8. The lowest BCUT2D eigenvalue weighted by molar-refractivity contribution is 0.463. The van der Waals surface area contributed by atoms with E-state index in [9.17, 15) is 8.42 Å². The summed E-state index contributed by atoms with van der Waals surface area (Å²) in [6.45, 7) is 4.01. The van der Waals surface area contributed by atoms with Gasteiger partial charge in [-0.25, -0.2) is 8.42 Å². The summed E-state index contributed by atoms with van der Waals surface area (Å²) in [6.07, 6.45) is 9.78.